The fraction of sp³-hybridized carbons (Fsp3) is 0.357. The number of thiophene rings is 1. The van der Waals surface area contributed by atoms with E-state index in [1.165, 1.54) is 32.8 Å². The lowest BCUT2D eigenvalue weighted by atomic mass is 9.96. The SMILES string of the molecule is CC(C)(C)C(=O)n1nc(-c2cc(=O)n(CC(=O)c3ccsn3)cc2C(=O)N2CCOCC2)cc1NCc1ccc(Cl)s1. The molecule has 14 heteroatoms. The van der Waals surface area contributed by atoms with Gasteiger partial charge >= 0.3 is 0 Å². The van der Waals surface area contributed by atoms with Crippen molar-refractivity contribution >= 4 is 57.9 Å². The number of nitrogens with one attached hydrogen (secondary N) is 1. The van der Waals surface area contributed by atoms with Crippen LogP contribution in [-0.4, -0.2) is 67.5 Å². The van der Waals surface area contributed by atoms with Crippen LogP contribution in [-0.2, 0) is 17.8 Å². The second-order valence-electron chi connectivity index (χ2n) is 10.7. The van der Waals surface area contributed by atoms with E-state index >= 15 is 0 Å². The molecule has 4 aromatic heterocycles. The van der Waals surface area contributed by atoms with Gasteiger partial charge in [0, 0.05) is 52.7 Å². The minimum Gasteiger partial charge on any atom is -0.378 e. The third kappa shape index (κ3) is 6.54. The number of hydrogen-bond acceptors (Lipinski definition) is 10. The monoisotopic (exact) mass is 628 g/mol. The maximum atomic E-state index is 13.8. The molecule has 0 aliphatic carbocycles. The molecule has 4 aromatic rings. The smallest absolute Gasteiger partial charge is 0.256 e. The van der Waals surface area contributed by atoms with Crippen LogP contribution in [0.1, 0.15) is 51.3 Å². The molecule has 1 saturated heterocycles. The Morgan fingerprint density at radius 3 is 2.52 bits per heavy atom. The van der Waals surface area contributed by atoms with Crippen LogP contribution in [0.15, 0.2) is 46.7 Å². The fourth-order valence-corrected chi connectivity index (χ4v) is 5.90. The molecule has 42 heavy (non-hydrogen) atoms. The zero-order valence-corrected chi connectivity index (χ0v) is 25.6. The number of ether oxygens (including phenoxy) is 1. The van der Waals surface area contributed by atoms with E-state index in [9.17, 15) is 19.2 Å². The van der Waals surface area contributed by atoms with E-state index in [1.807, 2.05) is 6.07 Å². The number of ketones is 1. The van der Waals surface area contributed by atoms with Crippen molar-refractivity contribution in [1.29, 1.82) is 0 Å². The molecule has 0 saturated carbocycles. The molecule has 1 amide bonds. The quantitative estimate of drug-likeness (QED) is 0.282. The Hall–Kier alpha value is -3.65. The lowest BCUT2D eigenvalue weighted by Gasteiger charge is -2.27. The lowest BCUT2D eigenvalue weighted by Crippen LogP contribution is -2.41. The van der Waals surface area contributed by atoms with Gasteiger partial charge in [-0.3, -0.25) is 19.2 Å². The summed E-state index contributed by atoms with van der Waals surface area (Å²) in [5, 5.41) is 9.52. The average Bonchev–Trinajstić information content (AvgIpc) is 3.73. The van der Waals surface area contributed by atoms with Crippen molar-refractivity contribution in [3.8, 4) is 11.3 Å². The van der Waals surface area contributed by atoms with Crippen LogP contribution < -0.4 is 10.9 Å². The van der Waals surface area contributed by atoms with Crippen LogP contribution in [0.3, 0.4) is 0 Å². The van der Waals surface area contributed by atoms with Gasteiger partial charge in [0.05, 0.1) is 41.9 Å². The summed E-state index contributed by atoms with van der Waals surface area (Å²) < 4.78 is 12.6. The largest absolute Gasteiger partial charge is 0.378 e. The Labute approximate surface area is 254 Å². The Morgan fingerprint density at radius 2 is 1.88 bits per heavy atom. The zero-order valence-electron chi connectivity index (χ0n) is 23.3. The van der Waals surface area contributed by atoms with Gasteiger partial charge in [-0.25, -0.2) is 0 Å². The first-order chi connectivity index (χ1) is 20.0. The van der Waals surface area contributed by atoms with Gasteiger partial charge in [-0.05, 0) is 29.7 Å². The summed E-state index contributed by atoms with van der Waals surface area (Å²) in [4.78, 5) is 55.9. The molecule has 0 unspecified atom stereocenters. The molecule has 5 heterocycles. The Balaban J connectivity index is 1.58. The summed E-state index contributed by atoms with van der Waals surface area (Å²) in [6.07, 6.45) is 1.39. The van der Waals surface area contributed by atoms with E-state index in [0.717, 1.165) is 16.4 Å². The molecular formula is C28H29ClN6O5S2. The van der Waals surface area contributed by atoms with Gasteiger partial charge in [0.1, 0.15) is 11.5 Å². The van der Waals surface area contributed by atoms with Crippen LogP contribution in [0.25, 0.3) is 11.3 Å². The van der Waals surface area contributed by atoms with E-state index in [2.05, 4.69) is 14.8 Å². The van der Waals surface area contributed by atoms with Gasteiger partial charge in [0.2, 0.25) is 5.78 Å². The van der Waals surface area contributed by atoms with Crippen LogP contribution in [0, 0.1) is 5.41 Å². The topological polar surface area (TPSA) is 128 Å². The molecule has 1 fully saturated rings. The summed E-state index contributed by atoms with van der Waals surface area (Å²) in [5.74, 6) is -0.551. The second kappa shape index (κ2) is 12.3. The van der Waals surface area contributed by atoms with Crippen molar-refractivity contribution in [2.75, 3.05) is 31.6 Å². The number of morpholine rings is 1. The lowest BCUT2D eigenvalue weighted by molar-refractivity contribution is 0.0302. The normalized spacial score (nSPS) is 13.8. The number of pyridine rings is 1. The first-order valence-electron chi connectivity index (χ1n) is 13.2. The molecular weight excluding hydrogens is 600 g/mol. The first-order valence-corrected chi connectivity index (χ1v) is 15.2. The summed E-state index contributed by atoms with van der Waals surface area (Å²) in [5.41, 5.74) is -0.294. The van der Waals surface area contributed by atoms with Crippen LogP contribution >= 0.6 is 34.5 Å². The van der Waals surface area contributed by atoms with Crippen molar-refractivity contribution < 1.29 is 19.1 Å². The van der Waals surface area contributed by atoms with E-state index in [0.29, 0.717) is 43.0 Å². The van der Waals surface area contributed by atoms with Gasteiger partial charge in [-0.2, -0.15) is 14.2 Å². The number of amides is 1. The molecule has 5 rings (SSSR count). The molecule has 1 aliphatic rings. The molecule has 0 radical (unpaired) electrons. The Morgan fingerprint density at radius 1 is 1.12 bits per heavy atom. The van der Waals surface area contributed by atoms with Crippen LogP contribution in [0.4, 0.5) is 5.82 Å². The van der Waals surface area contributed by atoms with Crippen molar-refractivity contribution in [3.05, 3.63) is 72.7 Å². The highest BCUT2D eigenvalue weighted by atomic mass is 35.5. The van der Waals surface area contributed by atoms with E-state index in [1.54, 1.807) is 49.3 Å². The third-order valence-electron chi connectivity index (χ3n) is 6.58. The summed E-state index contributed by atoms with van der Waals surface area (Å²) in [7, 11) is 0. The van der Waals surface area contributed by atoms with E-state index in [-0.39, 0.29) is 46.7 Å². The van der Waals surface area contributed by atoms with Crippen molar-refractivity contribution in [3.63, 3.8) is 0 Å². The predicted molar refractivity (Wildman–Crippen MR) is 162 cm³/mol. The number of anilines is 1. The van der Waals surface area contributed by atoms with E-state index < -0.39 is 11.0 Å². The van der Waals surface area contributed by atoms with Crippen molar-refractivity contribution in [2.45, 2.75) is 33.9 Å². The molecule has 0 atom stereocenters. The predicted octanol–water partition coefficient (Wildman–Crippen LogP) is 4.54. The summed E-state index contributed by atoms with van der Waals surface area (Å²) >= 11 is 8.64. The number of carbonyl (C=O) groups excluding carboxylic acids is 3. The standard InChI is InChI=1S/C28H29ClN6O5S2/c1-28(2,3)27(39)35-24(30-14-17-4-5-23(29)42-17)13-21(31-35)18-12-25(37)34(16-22(36)20-6-11-41-32-20)15-19(18)26(38)33-7-9-40-10-8-33/h4-6,11-13,15,30H,7-10,14,16H2,1-3H3. The highest BCUT2D eigenvalue weighted by Crippen LogP contribution is 2.29. The highest BCUT2D eigenvalue weighted by Gasteiger charge is 2.29. The molecule has 1 aliphatic heterocycles. The first kappa shape index (κ1) is 29.8. The van der Waals surface area contributed by atoms with Gasteiger partial charge in [0.15, 0.2) is 0 Å². The Kier molecular flexibility index (Phi) is 8.73. The molecule has 1 N–H and O–H groups in total. The number of aromatic nitrogens is 4. The number of carbonyl (C=O) groups is 3. The number of rotatable bonds is 8. The molecule has 0 spiro atoms. The number of halogens is 1. The number of Topliss-reactive ketones (excluding diaryl/α,β-unsaturated/α-hetero) is 1. The van der Waals surface area contributed by atoms with Crippen LogP contribution in [0.2, 0.25) is 4.34 Å². The second-order valence-corrected chi connectivity index (χ2v) is 13.2. The fourth-order valence-electron chi connectivity index (χ4n) is 4.34. The number of hydrogen-bond donors (Lipinski definition) is 1. The van der Waals surface area contributed by atoms with Gasteiger partial charge < -0.3 is 19.5 Å². The zero-order chi connectivity index (χ0) is 30.0. The van der Waals surface area contributed by atoms with Crippen LogP contribution in [0.5, 0.6) is 0 Å². The third-order valence-corrected chi connectivity index (χ3v) is 8.38. The average molecular weight is 629 g/mol. The van der Waals surface area contributed by atoms with E-state index in [4.69, 9.17) is 16.3 Å². The van der Waals surface area contributed by atoms with Crippen molar-refractivity contribution in [2.24, 2.45) is 5.41 Å². The van der Waals surface area contributed by atoms with Crippen molar-refractivity contribution in [1.82, 2.24) is 23.6 Å². The maximum Gasteiger partial charge on any atom is 0.256 e. The Bertz CT molecular complexity index is 1680. The summed E-state index contributed by atoms with van der Waals surface area (Å²) in [6, 6.07) is 8.21. The maximum absolute atomic E-state index is 13.8. The summed E-state index contributed by atoms with van der Waals surface area (Å²) in [6.45, 7) is 7.00. The van der Waals surface area contributed by atoms with Gasteiger partial charge in [-0.1, -0.05) is 32.4 Å². The highest BCUT2D eigenvalue weighted by molar-refractivity contribution is 7.16. The molecule has 11 nitrogen and oxygen atoms in total. The molecule has 0 bridgehead atoms. The number of nitrogens with zero attached hydrogens (tertiary/aromatic N) is 5. The minimum atomic E-state index is -0.766. The minimum absolute atomic E-state index is 0.187. The van der Waals surface area contributed by atoms with Gasteiger partial charge in [0.25, 0.3) is 17.4 Å². The molecule has 0 aromatic carbocycles. The molecule has 220 valence electrons. The van der Waals surface area contributed by atoms with Gasteiger partial charge in [-0.15, -0.1) is 11.3 Å².